The highest BCUT2D eigenvalue weighted by Crippen LogP contribution is 2.16. The van der Waals surface area contributed by atoms with Crippen molar-refractivity contribution < 1.29 is 10.2 Å². The maximum Gasteiger partial charge on any atom is 0.115 e. The van der Waals surface area contributed by atoms with E-state index >= 15 is 0 Å². The molecule has 84 valence electrons. The normalized spacial score (nSPS) is 13.1. The Morgan fingerprint density at radius 1 is 1.33 bits per heavy atom. The van der Waals surface area contributed by atoms with Crippen molar-refractivity contribution in [3.63, 3.8) is 0 Å². The van der Waals surface area contributed by atoms with Gasteiger partial charge < -0.3 is 10.2 Å². The summed E-state index contributed by atoms with van der Waals surface area (Å²) in [6, 6.07) is 7.05. The standard InChI is InChI=1S/C12H18O2S/c1-9(2)15-8-12(14)7-10-4-3-5-11(13)6-10/h3-6,9,12-14H,7-8H2,1-2H3. The minimum atomic E-state index is -0.334. The number of aromatic hydroxyl groups is 1. The Kier molecular flexibility index (Phi) is 4.99. The summed E-state index contributed by atoms with van der Waals surface area (Å²) in [5, 5.41) is 19.5. The van der Waals surface area contributed by atoms with Gasteiger partial charge in [0.1, 0.15) is 5.75 Å². The predicted octanol–water partition coefficient (Wildman–Crippen LogP) is 2.44. The van der Waals surface area contributed by atoms with E-state index in [0.29, 0.717) is 11.7 Å². The summed E-state index contributed by atoms with van der Waals surface area (Å²) >= 11 is 1.75. The first-order valence-electron chi connectivity index (χ1n) is 5.15. The molecule has 0 saturated carbocycles. The van der Waals surface area contributed by atoms with Gasteiger partial charge in [-0.15, -0.1) is 0 Å². The molecule has 0 aliphatic heterocycles. The fourth-order valence-electron chi connectivity index (χ4n) is 1.32. The number of benzene rings is 1. The maximum absolute atomic E-state index is 9.74. The van der Waals surface area contributed by atoms with Crippen molar-refractivity contribution >= 4 is 11.8 Å². The minimum absolute atomic E-state index is 0.260. The largest absolute Gasteiger partial charge is 0.508 e. The average Bonchev–Trinajstić information content (AvgIpc) is 2.15. The molecule has 0 aromatic heterocycles. The second-order valence-corrected chi connectivity index (χ2v) is 5.52. The number of aliphatic hydroxyl groups excluding tert-OH is 1. The molecular formula is C12H18O2S. The lowest BCUT2D eigenvalue weighted by Gasteiger charge is -2.12. The molecule has 1 aromatic rings. The number of phenolic OH excluding ortho intramolecular Hbond substituents is 1. The minimum Gasteiger partial charge on any atom is -0.508 e. The molecule has 0 amide bonds. The molecule has 0 spiro atoms. The Bertz CT molecular complexity index is 299. The summed E-state index contributed by atoms with van der Waals surface area (Å²) in [7, 11) is 0. The maximum atomic E-state index is 9.74. The van der Waals surface area contributed by atoms with E-state index < -0.39 is 0 Å². The van der Waals surface area contributed by atoms with Crippen molar-refractivity contribution in [2.75, 3.05) is 5.75 Å². The molecule has 0 bridgehead atoms. The van der Waals surface area contributed by atoms with Gasteiger partial charge in [0.25, 0.3) is 0 Å². The fourth-order valence-corrected chi connectivity index (χ4v) is 2.04. The van der Waals surface area contributed by atoms with Gasteiger partial charge in [0.05, 0.1) is 6.10 Å². The monoisotopic (exact) mass is 226 g/mol. The van der Waals surface area contributed by atoms with Crippen LogP contribution in [0.3, 0.4) is 0 Å². The van der Waals surface area contributed by atoms with Gasteiger partial charge in [0.2, 0.25) is 0 Å². The van der Waals surface area contributed by atoms with E-state index in [-0.39, 0.29) is 11.9 Å². The van der Waals surface area contributed by atoms with Crippen molar-refractivity contribution in [1.82, 2.24) is 0 Å². The molecule has 0 heterocycles. The number of phenols is 1. The number of thioether (sulfide) groups is 1. The van der Waals surface area contributed by atoms with Crippen LogP contribution in [0.25, 0.3) is 0 Å². The summed E-state index contributed by atoms with van der Waals surface area (Å²) in [5.74, 6) is 1.00. The highest BCUT2D eigenvalue weighted by atomic mass is 32.2. The number of hydrogen-bond donors (Lipinski definition) is 2. The second kappa shape index (κ2) is 6.03. The Hall–Kier alpha value is -0.670. The zero-order valence-corrected chi connectivity index (χ0v) is 10.00. The summed E-state index contributed by atoms with van der Waals surface area (Å²) in [6.45, 7) is 4.23. The molecule has 0 fully saturated rings. The first-order chi connectivity index (χ1) is 7.08. The summed E-state index contributed by atoms with van der Waals surface area (Å²) in [4.78, 5) is 0. The zero-order chi connectivity index (χ0) is 11.3. The van der Waals surface area contributed by atoms with Crippen LogP contribution in [0.4, 0.5) is 0 Å². The Labute approximate surface area is 95.3 Å². The summed E-state index contributed by atoms with van der Waals surface area (Å²) in [5.41, 5.74) is 0.979. The van der Waals surface area contributed by atoms with E-state index in [4.69, 9.17) is 0 Å². The van der Waals surface area contributed by atoms with Gasteiger partial charge in [-0.05, 0) is 29.4 Å². The third kappa shape index (κ3) is 5.09. The van der Waals surface area contributed by atoms with E-state index in [2.05, 4.69) is 13.8 Å². The van der Waals surface area contributed by atoms with Crippen molar-refractivity contribution in [2.24, 2.45) is 0 Å². The predicted molar refractivity (Wildman–Crippen MR) is 65.4 cm³/mol. The number of hydrogen-bond acceptors (Lipinski definition) is 3. The van der Waals surface area contributed by atoms with Gasteiger partial charge in [0.15, 0.2) is 0 Å². The van der Waals surface area contributed by atoms with Gasteiger partial charge in [-0.25, -0.2) is 0 Å². The molecule has 0 aliphatic rings. The highest BCUT2D eigenvalue weighted by Gasteiger charge is 2.07. The smallest absolute Gasteiger partial charge is 0.115 e. The van der Waals surface area contributed by atoms with Gasteiger partial charge in [-0.1, -0.05) is 26.0 Å². The molecule has 0 saturated heterocycles. The van der Waals surface area contributed by atoms with Crippen LogP contribution >= 0.6 is 11.8 Å². The Morgan fingerprint density at radius 2 is 2.07 bits per heavy atom. The first-order valence-corrected chi connectivity index (χ1v) is 6.20. The fraction of sp³-hybridized carbons (Fsp3) is 0.500. The molecule has 1 aromatic carbocycles. The molecule has 1 unspecified atom stereocenters. The molecule has 0 radical (unpaired) electrons. The second-order valence-electron chi connectivity index (χ2n) is 3.91. The molecule has 15 heavy (non-hydrogen) atoms. The van der Waals surface area contributed by atoms with Crippen molar-refractivity contribution in [2.45, 2.75) is 31.6 Å². The zero-order valence-electron chi connectivity index (χ0n) is 9.18. The van der Waals surface area contributed by atoms with Crippen LogP contribution in [0.1, 0.15) is 19.4 Å². The molecule has 1 rings (SSSR count). The molecular weight excluding hydrogens is 208 g/mol. The number of rotatable bonds is 5. The first kappa shape index (κ1) is 12.4. The number of aliphatic hydroxyl groups is 1. The molecule has 3 heteroatoms. The van der Waals surface area contributed by atoms with E-state index in [0.717, 1.165) is 11.3 Å². The van der Waals surface area contributed by atoms with Gasteiger partial charge in [-0.3, -0.25) is 0 Å². The van der Waals surface area contributed by atoms with Crippen LogP contribution in [-0.2, 0) is 6.42 Å². The lowest BCUT2D eigenvalue weighted by Crippen LogP contribution is -2.14. The summed E-state index contributed by atoms with van der Waals surface area (Å²) in [6.07, 6.45) is 0.271. The molecule has 1 atom stereocenters. The van der Waals surface area contributed by atoms with Crippen molar-refractivity contribution in [1.29, 1.82) is 0 Å². The lowest BCUT2D eigenvalue weighted by atomic mass is 10.1. The van der Waals surface area contributed by atoms with Crippen LogP contribution in [-0.4, -0.2) is 27.3 Å². The molecule has 0 aliphatic carbocycles. The Morgan fingerprint density at radius 3 is 2.67 bits per heavy atom. The third-order valence-corrected chi connectivity index (χ3v) is 3.25. The molecule has 2 N–H and O–H groups in total. The van der Waals surface area contributed by atoms with Crippen LogP contribution < -0.4 is 0 Å². The van der Waals surface area contributed by atoms with Crippen LogP contribution in [0.15, 0.2) is 24.3 Å². The quantitative estimate of drug-likeness (QED) is 0.810. The van der Waals surface area contributed by atoms with Crippen molar-refractivity contribution in [3.05, 3.63) is 29.8 Å². The SMILES string of the molecule is CC(C)SCC(O)Cc1cccc(O)c1. The van der Waals surface area contributed by atoms with Crippen LogP contribution in [0.2, 0.25) is 0 Å². The van der Waals surface area contributed by atoms with Crippen LogP contribution in [0, 0.1) is 0 Å². The topological polar surface area (TPSA) is 40.5 Å². The van der Waals surface area contributed by atoms with E-state index in [1.807, 2.05) is 6.07 Å². The lowest BCUT2D eigenvalue weighted by molar-refractivity contribution is 0.200. The van der Waals surface area contributed by atoms with Gasteiger partial charge >= 0.3 is 0 Å². The Balaban J connectivity index is 2.40. The van der Waals surface area contributed by atoms with E-state index in [9.17, 15) is 10.2 Å². The van der Waals surface area contributed by atoms with Crippen molar-refractivity contribution in [3.8, 4) is 5.75 Å². The average molecular weight is 226 g/mol. The van der Waals surface area contributed by atoms with E-state index in [1.165, 1.54) is 0 Å². The van der Waals surface area contributed by atoms with Gasteiger partial charge in [-0.2, -0.15) is 11.8 Å². The highest BCUT2D eigenvalue weighted by molar-refractivity contribution is 7.99. The summed E-state index contributed by atoms with van der Waals surface area (Å²) < 4.78 is 0. The van der Waals surface area contributed by atoms with Gasteiger partial charge in [0, 0.05) is 5.75 Å². The van der Waals surface area contributed by atoms with E-state index in [1.54, 1.807) is 30.0 Å². The van der Waals surface area contributed by atoms with Crippen LogP contribution in [0.5, 0.6) is 5.75 Å². The third-order valence-electron chi connectivity index (χ3n) is 2.00. The molecule has 2 nitrogen and oxygen atoms in total.